The highest BCUT2D eigenvalue weighted by Gasteiger charge is 2.03. The fourth-order valence-corrected chi connectivity index (χ4v) is 1.63. The van der Waals surface area contributed by atoms with Gasteiger partial charge in [-0.25, -0.2) is 8.42 Å². The summed E-state index contributed by atoms with van der Waals surface area (Å²) in [6.45, 7) is 0. The SMILES string of the molecule is CS(=O)(=O)Nc1ccc(Cl)c(Cl)c1. The number of hydrogen-bond donors (Lipinski definition) is 1. The van der Waals surface area contributed by atoms with Gasteiger partial charge in [0.2, 0.25) is 10.0 Å². The van der Waals surface area contributed by atoms with Crippen LogP contribution in [0.4, 0.5) is 5.69 Å². The minimum absolute atomic E-state index is 0.315. The van der Waals surface area contributed by atoms with Crippen LogP contribution in [0.3, 0.4) is 0 Å². The molecule has 0 spiro atoms. The van der Waals surface area contributed by atoms with E-state index in [0.29, 0.717) is 15.7 Å². The molecule has 0 saturated heterocycles. The highest BCUT2D eigenvalue weighted by Crippen LogP contribution is 2.25. The smallest absolute Gasteiger partial charge is 0.229 e. The molecular weight excluding hydrogens is 233 g/mol. The van der Waals surface area contributed by atoms with Gasteiger partial charge in [0.05, 0.1) is 22.0 Å². The summed E-state index contributed by atoms with van der Waals surface area (Å²) in [4.78, 5) is 0. The van der Waals surface area contributed by atoms with Crippen LogP contribution in [0.15, 0.2) is 18.2 Å². The Bertz CT molecular complexity index is 417. The Morgan fingerprint density at radius 2 is 1.85 bits per heavy atom. The van der Waals surface area contributed by atoms with Gasteiger partial charge in [0.15, 0.2) is 0 Å². The summed E-state index contributed by atoms with van der Waals surface area (Å²) in [5, 5.41) is 0.705. The largest absolute Gasteiger partial charge is 0.284 e. The van der Waals surface area contributed by atoms with E-state index in [4.69, 9.17) is 23.2 Å². The summed E-state index contributed by atoms with van der Waals surface area (Å²) in [6.07, 6.45) is 1.06. The lowest BCUT2D eigenvalue weighted by Crippen LogP contribution is -2.09. The van der Waals surface area contributed by atoms with E-state index in [0.717, 1.165) is 6.26 Å². The van der Waals surface area contributed by atoms with Crippen LogP contribution in [-0.2, 0) is 10.0 Å². The molecule has 1 N–H and O–H groups in total. The van der Waals surface area contributed by atoms with Crippen LogP contribution in [0, 0.1) is 0 Å². The number of nitrogens with one attached hydrogen (secondary N) is 1. The molecule has 1 rings (SSSR count). The van der Waals surface area contributed by atoms with E-state index in [1.54, 1.807) is 0 Å². The highest BCUT2D eigenvalue weighted by molar-refractivity contribution is 7.92. The van der Waals surface area contributed by atoms with Crippen molar-refractivity contribution in [2.45, 2.75) is 0 Å². The third-order valence-corrected chi connectivity index (χ3v) is 2.57. The average molecular weight is 240 g/mol. The van der Waals surface area contributed by atoms with Crippen LogP contribution in [-0.4, -0.2) is 14.7 Å². The molecule has 6 heteroatoms. The molecule has 1 aromatic carbocycles. The Morgan fingerprint density at radius 1 is 1.23 bits per heavy atom. The number of hydrogen-bond acceptors (Lipinski definition) is 2. The molecular formula is C7H7Cl2NO2S. The van der Waals surface area contributed by atoms with Crippen molar-refractivity contribution in [3.05, 3.63) is 28.2 Å². The zero-order valence-electron chi connectivity index (χ0n) is 6.71. The van der Waals surface area contributed by atoms with Crippen molar-refractivity contribution >= 4 is 38.9 Å². The third-order valence-electron chi connectivity index (χ3n) is 1.22. The lowest BCUT2D eigenvalue weighted by atomic mass is 10.3. The van der Waals surface area contributed by atoms with Crippen molar-refractivity contribution in [1.29, 1.82) is 0 Å². The molecule has 0 aliphatic heterocycles. The molecule has 0 heterocycles. The van der Waals surface area contributed by atoms with E-state index in [1.807, 2.05) is 0 Å². The molecule has 0 bridgehead atoms. The zero-order valence-corrected chi connectivity index (χ0v) is 9.04. The Labute approximate surface area is 86.7 Å². The predicted octanol–water partition coefficient (Wildman–Crippen LogP) is 2.36. The van der Waals surface area contributed by atoms with Crippen molar-refractivity contribution in [3.63, 3.8) is 0 Å². The van der Waals surface area contributed by atoms with E-state index < -0.39 is 10.0 Å². The van der Waals surface area contributed by atoms with Crippen molar-refractivity contribution in [2.75, 3.05) is 11.0 Å². The zero-order chi connectivity index (χ0) is 10.1. The van der Waals surface area contributed by atoms with Crippen LogP contribution < -0.4 is 4.72 Å². The maximum Gasteiger partial charge on any atom is 0.229 e. The van der Waals surface area contributed by atoms with Crippen LogP contribution in [0.2, 0.25) is 10.0 Å². The number of sulfonamides is 1. The first kappa shape index (κ1) is 10.6. The molecule has 72 valence electrons. The second kappa shape index (κ2) is 3.74. The highest BCUT2D eigenvalue weighted by atomic mass is 35.5. The Balaban J connectivity index is 2.99. The second-order valence-electron chi connectivity index (χ2n) is 2.50. The number of halogens is 2. The standard InChI is InChI=1S/C7H7Cl2NO2S/c1-13(11,12)10-5-2-3-6(8)7(9)4-5/h2-4,10H,1H3. The molecule has 3 nitrogen and oxygen atoms in total. The molecule has 1 aromatic rings. The third kappa shape index (κ3) is 3.42. The van der Waals surface area contributed by atoms with E-state index in [-0.39, 0.29) is 0 Å². The van der Waals surface area contributed by atoms with Crippen molar-refractivity contribution in [1.82, 2.24) is 0 Å². The fourth-order valence-electron chi connectivity index (χ4n) is 0.774. The Hall–Kier alpha value is -0.450. The van der Waals surface area contributed by atoms with Gasteiger partial charge in [-0.2, -0.15) is 0 Å². The summed E-state index contributed by atoms with van der Waals surface area (Å²) < 4.78 is 23.9. The van der Waals surface area contributed by atoms with E-state index in [1.165, 1.54) is 18.2 Å². The summed E-state index contributed by atoms with van der Waals surface area (Å²) in [7, 11) is -3.26. The van der Waals surface area contributed by atoms with Gasteiger partial charge in [0.1, 0.15) is 0 Å². The minimum atomic E-state index is -3.26. The van der Waals surface area contributed by atoms with Gasteiger partial charge in [0, 0.05) is 0 Å². The van der Waals surface area contributed by atoms with Gasteiger partial charge < -0.3 is 0 Å². The molecule has 0 saturated carbocycles. The van der Waals surface area contributed by atoms with Gasteiger partial charge in [-0.15, -0.1) is 0 Å². The molecule has 0 radical (unpaired) electrons. The maximum absolute atomic E-state index is 10.8. The van der Waals surface area contributed by atoms with Crippen LogP contribution in [0.5, 0.6) is 0 Å². The summed E-state index contributed by atoms with van der Waals surface area (Å²) in [5.41, 5.74) is 0.400. The van der Waals surface area contributed by atoms with Crippen LogP contribution >= 0.6 is 23.2 Å². The number of benzene rings is 1. The number of rotatable bonds is 2. The molecule has 0 unspecified atom stereocenters. The number of anilines is 1. The topological polar surface area (TPSA) is 46.2 Å². The Kier molecular flexibility index (Phi) is 3.05. The van der Waals surface area contributed by atoms with E-state index in [9.17, 15) is 8.42 Å². The maximum atomic E-state index is 10.8. The molecule has 13 heavy (non-hydrogen) atoms. The molecule has 0 fully saturated rings. The van der Waals surface area contributed by atoms with Crippen molar-refractivity contribution in [2.24, 2.45) is 0 Å². The Morgan fingerprint density at radius 3 is 2.31 bits per heavy atom. The summed E-state index contributed by atoms with van der Waals surface area (Å²) in [6, 6.07) is 4.51. The van der Waals surface area contributed by atoms with Crippen LogP contribution in [0.1, 0.15) is 0 Å². The monoisotopic (exact) mass is 239 g/mol. The lowest BCUT2D eigenvalue weighted by Gasteiger charge is -2.04. The minimum Gasteiger partial charge on any atom is -0.284 e. The quantitative estimate of drug-likeness (QED) is 0.862. The first-order chi connectivity index (χ1) is 5.88. The molecule has 0 amide bonds. The normalized spacial score (nSPS) is 11.3. The first-order valence-corrected chi connectivity index (χ1v) is 5.96. The van der Waals surface area contributed by atoms with E-state index in [2.05, 4.69) is 4.72 Å². The van der Waals surface area contributed by atoms with Gasteiger partial charge in [-0.05, 0) is 18.2 Å². The van der Waals surface area contributed by atoms with Gasteiger partial charge >= 0.3 is 0 Å². The average Bonchev–Trinajstić information content (AvgIpc) is 1.94. The van der Waals surface area contributed by atoms with E-state index >= 15 is 0 Å². The first-order valence-electron chi connectivity index (χ1n) is 3.31. The molecule has 0 aliphatic carbocycles. The molecule has 0 aliphatic rings. The molecule has 0 aromatic heterocycles. The van der Waals surface area contributed by atoms with Gasteiger partial charge in [-0.1, -0.05) is 23.2 Å². The lowest BCUT2D eigenvalue weighted by molar-refractivity contribution is 0.607. The van der Waals surface area contributed by atoms with Crippen LogP contribution in [0.25, 0.3) is 0 Å². The summed E-state index contributed by atoms with van der Waals surface area (Å²) >= 11 is 11.3. The molecule has 0 atom stereocenters. The summed E-state index contributed by atoms with van der Waals surface area (Å²) in [5.74, 6) is 0. The van der Waals surface area contributed by atoms with Gasteiger partial charge in [0.25, 0.3) is 0 Å². The predicted molar refractivity (Wildman–Crippen MR) is 54.9 cm³/mol. The second-order valence-corrected chi connectivity index (χ2v) is 5.07. The van der Waals surface area contributed by atoms with Gasteiger partial charge in [-0.3, -0.25) is 4.72 Å². The van der Waals surface area contributed by atoms with Crippen molar-refractivity contribution < 1.29 is 8.42 Å². The van der Waals surface area contributed by atoms with Crippen molar-refractivity contribution in [3.8, 4) is 0 Å². The fraction of sp³-hybridized carbons (Fsp3) is 0.143.